The van der Waals surface area contributed by atoms with Crippen molar-refractivity contribution in [1.82, 2.24) is 14.5 Å². The number of hydrogen-bond acceptors (Lipinski definition) is 4. The van der Waals surface area contributed by atoms with Crippen LogP contribution in [0.2, 0.25) is 0 Å². The molecule has 1 atom stereocenters. The number of carbonyl (C=O) groups is 1. The molecule has 1 unspecified atom stereocenters. The second kappa shape index (κ2) is 9.63. The zero-order valence-electron chi connectivity index (χ0n) is 13.9. The number of nitrogen functional groups attached to an aromatic ring is 1. The lowest BCUT2D eigenvalue weighted by Crippen LogP contribution is -2.15. The van der Waals surface area contributed by atoms with E-state index in [9.17, 15) is 9.90 Å². The second-order valence-electron chi connectivity index (χ2n) is 6.22. The van der Waals surface area contributed by atoms with Gasteiger partial charge in [0.1, 0.15) is 11.7 Å². The van der Waals surface area contributed by atoms with E-state index in [0.717, 1.165) is 18.4 Å². The quantitative estimate of drug-likeness (QED) is 0.817. The Labute approximate surface area is 159 Å². The zero-order chi connectivity index (χ0) is 16.2. The summed E-state index contributed by atoms with van der Waals surface area (Å²) in [4.78, 5) is 20.0. The van der Waals surface area contributed by atoms with Gasteiger partial charge in [-0.25, -0.2) is 9.97 Å². The summed E-state index contributed by atoms with van der Waals surface area (Å²) in [6.07, 6.45) is 11.7. The molecule has 0 radical (unpaired) electrons. The van der Waals surface area contributed by atoms with Crippen LogP contribution in [0.1, 0.15) is 55.3 Å². The SMILES string of the molecule is Cl.Cl.Nc1ccc(CC(C(=O)O)c2cn(C3CCCCC3)cn2)cn1. The summed E-state index contributed by atoms with van der Waals surface area (Å²) in [5.41, 5.74) is 7.03. The number of nitrogens with zero attached hydrogens (tertiary/aromatic N) is 3. The van der Waals surface area contributed by atoms with Gasteiger partial charge in [0.05, 0.1) is 12.0 Å². The first-order valence-corrected chi connectivity index (χ1v) is 8.10. The lowest BCUT2D eigenvalue weighted by molar-refractivity contribution is -0.138. The van der Waals surface area contributed by atoms with Crippen LogP contribution in [0.25, 0.3) is 0 Å². The molecule has 2 heterocycles. The number of anilines is 1. The van der Waals surface area contributed by atoms with Crippen molar-refractivity contribution in [3.63, 3.8) is 0 Å². The molecule has 25 heavy (non-hydrogen) atoms. The fraction of sp³-hybridized carbons (Fsp3) is 0.471. The van der Waals surface area contributed by atoms with E-state index in [1.807, 2.05) is 12.3 Å². The Kier molecular flexibility index (Phi) is 8.19. The summed E-state index contributed by atoms with van der Waals surface area (Å²) < 4.78 is 2.09. The first-order valence-electron chi connectivity index (χ1n) is 8.10. The summed E-state index contributed by atoms with van der Waals surface area (Å²) in [5, 5.41) is 9.57. The minimum atomic E-state index is -0.865. The third-order valence-electron chi connectivity index (χ3n) is 4.56. The molecule has 1 fully saturated rings. The van der Waals surface area contributed by atoms with Crippen LogP contribution in [0.3, 0.4) is 0 Å². The van der Waals surface area contributed by atoms with Crippen LogP contribution >= 0.6 is 24.8 Å². The Morgan fingerprint density at radius 2 is 1.96 bits per heavy atom. The molecule has 0 aromatic carbocycles. The molecule has 3 rings (SSSR count). The molecule has 3 N–H and O–H groups in total. The maximum Gasteiger partial charge on any atom is 0.312 e. The molecule has 2 aromatic heterocycles. The largest absolute Gasteiger partial charge is 0.481 e. The van der Waals surface area contributed by atoms with E-state index in [1.54, 1.807) is 18.6 Å². The Balaban J connectivity index is 0.00000156. The van der Waals surface area contributed by atoms with Crippen molar-refractivity contribution in [2.75, 3.05) is 5.73 Å². The summed E-state index contributed by atoms with van der Waals surface area (Å²) in [6.45, 7) is 0. The number of carboxylic acids is 1. The second-order valence-corrected chi connectivity index (χ2v) is 6.22. The van der Waals surface area contributed by atoms with Crippen molar-refractivity contribution in [2.45, 2.75) is 50.5 Å². The number of pyridine rings is 1. The predicted octanol–water partition coefficient (Wildman–Crippen LogP) is 3.62. The van der Waals surface area contributed by atoms with Crippen LogP contribution in [0, 0.1) is 0 Å². The van der Waals surface area contributed by atoms with Crippen molar-refractivity contribution < 1.29 is 9.90 Å². The van der Waals surface area contributed by atoms with E-state index in [2.05, 4.69) is 14.5 Å². The van der Waals surface area contributed by atoms with Crippen molar-refractivity contribution in [3.05, 3.63) is 42.1 Å². The topological polar surface area (TPSA) is 94.0 Å². The van der Waals surface area contributed by atoms with E-state index in [4.69, 9.17) is 5.73 Å². The molecule has 0 bridgehead atoms. The molecule has 1 aliphatic rings. The summed E-state index contributed by atoms with van der Waals surface area (Å²) in [7, 11) is 0. The number of imidazole rings is 1. The first-order chi connectivity index (χ1) is 11.1. The lowest BCUT2D eigenvalue weighted by Gasteiger charge is -2.22. The highest BCUT2D eigenvalue weighted by molar-refractivity contribution is 5.85. The number of nitrogens with two attached hydrogens (primary N) is 1. The number of rotatable bonds is 5. The minimum Gasteiger partial charge on any atom is -0.481 e. The van der Waals surface area contributed by atoms with Gasteiger partial charge in [-0.2, -0.15) is 0 Å². The minimum absolute atomic E-state index is 0. The summed E-state index contributed by atoms with van der Waals surface area (Å²) in [6, 6.07) is 3.96. The molecule has 138 valence electrons. The molecule has 1 aliphatic carbocycles. The van der Waals surface area contributed by atoms with E-state index in [1.165, 1.54) is 19.3 Å². The van der Waals surface area contributed by atoms with Crippen LogP contribution in [0.4, 0.5) is 5.82 Å². The highest BCUT2D eigenvalue weighted by Crippen LogP contribution is 2.29. The summed E-state index contributed by atoms with van der Waals surface area (Å²) >= 11 is 0. The van der Waals surface area contributed by atoms with Crippen LogP contribution in [-0.2, 0) is 11.2 Å². The van der Waals surface area contributed by atoms with E-state index >= 15 is 0 Å². The van der Waals surface area contributed by atoms with Gasteiger partial charge in [0, 0.05) is 18.4 Å². The van der Waals surface area contributed by atoms with Crippen LogP contribution in [-0.4, -0.2) is 25.6 Å². The number of aliphatic carboxylic acids is 1. The lowest BCUT2D eigenvalue weighted by atomic mass is 9.95. The highest BCUT2D eigenvalue weighted by Gasteiger charge is 2.24. The van der Waals surface area contributed by atoms with E-state index in [0.29, 0.717) is 24.0 Å². The molecule has 0 spiro atoms. The number of aromatic nitrogens is 3. The van der Waals surface area contributed by atoms with Gasteiger partial charge in [-0.1, -0.05) is 25.3 Å². The zero-order valence-corrected chi connectivity index (χ0v) is 15.5. The Morgan fingerprint density at radius 1 is 1.24 bits per heavy atom. The number of halogens is 2. The predicted molar refractivity (Wildman–Crippen MR) is 102 cm³/mol. The van der Waals surface area contributed by atoms with Gasteiger partial charge in [-0.15, -0.1) is 24.8 Å². The van der Waals surface area contributed by atoms with Crippen molar-refractivity contribution in [1.29, 1.82) is 0 Å². The van der Waals surface area contributed by atoms with Crippen molar-refractivity contribution >= 4 is 36.6 Å². The van der Waals surface area contributed by atoms with Gasteiger partial charge in [-0.05, 0) is 30.9 Å². The van der Waals surface area contributed by atoms with Gasteiger partial charge >= 0.3 is 5.97 Å². The summed E-state index contributed by atoms with van der Waals surface area (Å²) in [5.74, 6) is -1.09. The smallest absolute Gasteiger partial charge is 0.312 e. The first kappa shape index (κ1) is 21.3. The van der Waals surface area contributed by atoms with Gasteiger partial charge in [0.25, 0.3) is 0 Å². The Morgan fingerprint density at radius 3 is 2.56 bits per heavy atom. The van der Waals surface area contributed by atoms with Gasteiger partial charge in [-0.3, -0.25) is 4.79 Å². The molecule has 8 heteroatoms. The average Bonchev–Trinajstić information content (AvgIpc) is 3.04. The molecule has 0 aliphatic heterocycles. The van der Waals surface area contributed by atoms with Crippen molar-refractivity contribution in [2.24, 2.45) is 0 Å². The number of carboxylic acid groups (broad SMARTS) is 1. The molecule has 0 amide bonds. The third-order valence-corrected chi connectivity index (χ3v) is 4.56. The maximum atomic E-state index is 11.7. The number of hydrogen-bond donors (Lipinski definition) is 2. The van der Waals surface area contributed by atoms with Crippen LogP contribution in [0.15, 0.2) is 30.9 Å². The fourth-order valence-corrected chi connectivity index (χ4v) is 3.22. The van der Waals surface area contributed by atoms with E-state index in [-0.39, 0.29) is 24.8 Å². The Hall–Kier alpha value is -1.79. The third kappa shape index (κ3) is 5.34. The fourth-order valence-electron chi connectivity index (χ4n) is 3.22. The normalized spacial score (nSPS) is 15.7. The Bertz CT molecular complexity index is 670. The van der Waals surface area contributed by atoms with Gasteiger partial charge < -0.3 is 15.4 Å². The monoisotopic (exact) mass is 386 g/mol. The van der Waals surface area contributed by atoms with E-state index < -0.39 is 11.9 Å². The molecule has 1 saturated carbocycles. The highest BCUT2D eigenvalue weighted by atomic mass is 35.5. The molecular formula is C17H24Cl2N4O2. The maximum absolute atomic E-state index is 11.7. The average molecular weight is 387 g/mol. The standard InChI is InChI=1S/C17H22N4O2.2ClH/c18-16-7-6-12(9-19-16)8-14(17(22)23)15-10-21(11-20-15)13-4-2-1-3-5-13;;/h6-7,9-11,13-14H,1-5,8H2,(H2,18,19)(H,22,23);2*1H. The van der Waals surface area contributed by atoms with Gasteiger partial charge in [0.2, 0.25) is 0 Å². The molecule has 6 nitrogen and oxygen atoms in total. The molecular weight excluding hydrogens is 363 g/mol. The molecule has 2 aromatic rings. The van der Waals surface area contributed by atoms with Gasteiger partial charge in [0.15, 0.2) is 0 Å². The molecule has 0 saturated heterocycles. The van der Waals surface area contributed by atoms with Crippen molar-refractivity contribution in [3.8, 4) is 0 Å². The van der Waals surface area contributed by atoms with Crippen LogP contribution < -0.4 is 5.73 Å². The van der Waals surface area contributed by atoms with Crippen LogP contribution in [0.5, 0.6) is 0 Å².